The second-order valence-corrected chi connectivity index (χ2v) is 7.63. The molecule has 2 atom stereocenters. The Kier molecular flexibility index (Phi) is 6.15. The van der Waals surface area contributed by atoms with Gasteiger partial charge in [-0.05, 0) is 19.8 Å². The van der Waals surface area contributed by atoms with Gasteiger partial charge in [-0.15, -0.1) is 11.8 Å². The molecule has 3 rings (SSSR count). The molecule has 0 aromatic carbocycles. The van der Waals surface area contributed by atoms with Crippen molar-refractivity contribution in [2.75, 3.05) is 19.0 Å². The summed E-state index contributed by atoms with van der Waals surface area (Å²) in [5, 5.41) is 5.09. The average molecular weight is 385 g/mol. The molecule has 10 heteroatoms. The van der Waals surface area contributed by atoms with Gasteiger partial charge in [-0.2, -0.15) is 9.37 Å². The molecule has 0 bridgehead atoms. The molecule has 1 aromatic heterocycles. The lowest BCUT2D eigenvalue weighted by molar-refractivity contribution is -0.122. The number of nitrogens with one attached hydrogen (secondary N) is 1. The summed E-state index contributed by atoms with van der Waals surface area (Å²) in [7, 11) is 0. The zero-order chi connectivity index (χ0) is 18.7. The van der Waals surface area contributed by atoms with Crippen molar-refractivity contribution < 1.29 is 18.4 Å². The highest BCUT2D eigenvalue weighted by Crippen LogP contribution is 2.33. The number of halogens is 1. The number of hydrazine groups is 1. The fraction of sp³-hybridized carbons (Fsp3) is 0.688. The van der Waals surface area contributed by atoms with E-state index < -0.39 is 0 Å². The van der Waals surface area contributed by atoms with E-state index in [1.54, 1.807) is 6.92 Å². The summed E-state index contributed by atoms with van der Waals surface area (Å²) in [4.78, 5) is 18.1. The van der Waals surface area contributed by atoms with Crippen LogP contribution in [0.15, 0.2) is 15.4 Å². The van der Waals surface area contributed by atoms with E-state index in [4.69, 9.17) is 9.26 Å². The number of ether oxygens (including phenoxy) is 1. The number of aromatic nitrogens is 2. The number of likely N-dealkylation sites (tertiary alicyclic amines) is 1. The van der Waals surface area contributed by atoms with Gasteiger partial charge >= 0.3 is 0 Å². The Morgan fingerprint density at radius 1 is 1.54 bits per heavy atom. The number of carbonyl (C=O) groups is 1. The van der Waals surface area contributed by atoms with E-state index in [1.165, 1.54) is 23.7 Å². The first kappa shape index (κ1) is 19.1. The number of amides is 1. The molecule has 8 nitrogen and oxygen atoms in total. The van der Waals surface area contributed by atoms with Gasteiger partial charge in [0, 0.05) is 33.0 Å². The predicted octanol–water partition coefficient (Wildman–Crippen LogP) is 1.94. The van der Waals surface area contributed by atoms with Gasteiger partial charge in [0.25, 0.3) is 0 Å². The smallest absolute Gasteiger partial charge is 0.235 e. The number of aryl methyl sites for hydroxylation is 1. The van der Waals surface area contributed by atoms with Crippen molar-refractivity contribution in [2.45, 2.75) is 52.4 Å². The van der Waals surface area contributed by atoms with Gasteiger partial charge in [-0.3, -0.25) is 15.1 Å². The Bertz CT molecular complexity index is 683. The van der Waals surface area contributed by atoms with Gasteiger partial charge in [0.2, 0.25) is 17.7 Å². The SMILES string of the molecule is CC(=O)NN1CSC(CN2CC[C@H](OCc3noc(C)n3)C[C@@H]2C)=C1F. The Balaban J connectivity index is 1.48. The van der Waals surface area contributed by atoms with Crippen molar-refractivity contribution in [3.8, 4) is 0 Å². The van der Waals surface area contributed by atoms with Crippen LogP contribution in [-0.4, -0.2) is 57.1 Å². The fourth-order valence-corrected chi connectivity index (χ4v) is 4.08. The largest absolute Gasteiger partial charge is 0.370 e. The molecule has 3 heterocycles. The zero-order valence-electron chi connectivity index (χ0n) is 15.2. The molecule has 1 amide bonds. The molecule has 0 aliphatic carbocycles. The highest BCUT2D eigenvalue weighted by Gasteiger charge is 2.31. The van der Waals surface area contributed by atoms with E-state index >= 15 is 0 Å². The summed E-state index contributed by atoms with van der Waals surface area (Å²) in [6.07, 6.45) is 1.87. The van der Waals surface area contributed by atoms with Crippen LogP contribution in [-0.2, 0) is 16.1 Å². The van der Waals surface area contributed by atoms with Crippen LogP contribution in [0.2, 0.25) is 0 Å². The minimum atomic E-state index is -0.358. The van der Waals surface area contributed by atoms with E-state index in [0.717, 1.165) is 19.4 Å². The molecular weight excluding hydrogens is 361 g/mol. The number of thioether (sulfide) groups is 1. The molecule has 2 aliphatic heterocycles. The molecule has 0 saturated carbocycles. The number of carbonyl (C=O) groups excluding carboxylic acids is 1. The van der Waals surface area contributed by atoms with Gasteiger partial charge < -0.3 is 9.26 Å². The molecule has 1 N–H and O–H groups in total. The van der Waals surface area contributed by atoms with Gasteiger partial charge in [0.1, 0.15) is 6.61 Å². The zero-order valence-corrected chi connectivity index (χ0v) is 16.0. The second kappa shape index (κ2) is 8.36. The van der Waals surface area contributed by atoms with Crippen LogP contribution in [0.3, 0.4) is 0 Å². The van der Waals surface area contributed by atoms with E-state index in [-0.39, 0.29) is 24.0 Å². The lowest BCUT2D eigenvalue weighted by Gasteiger charge is -2.37. The quantitative estimate of drug-likeness (QED) is 0.744. The first-order chi connectivity index (χ1) is 12.4. The average Bonchev–Trinajstić information content (AvgIpc) is 3.15. The molecule has 0 unspecified atom stereocenters. The van der Waals surface area contributed by atoms with Crippen molar-refractivity contribution in [3.05, 3.63) is 22.6 Å². The van der Waals surface area contributed by atoms with E-state index in [9.17, 15) is 9.18 Å². The highest BCUT2D eigenvalue weighted by atomic mass is 32.2. The van der Waals surface area contributed by atoms with E-state index in [0.29, 0.717) is 35.6 Å². The lowest BCUT2D eigenvalue weighted by atomic mass is 10.0. The first-order valence-electron chi connectivity index (χ1n) is 8.63. The van der Waals surface area contributed by atoms with Crippen LogP contribution in [0.5, 0.6) is 0 Å². The number of hydrogen-bond donors (Lipinski definition) is 1. The third-order valence-corrected chi connectivity index (χ3v) is 5.49. The topological polar surface area (TPSA) is 83.7 Å². The van der Waals surface area contributed by atoms with Crippen LogP contribution in [0, 0.1) is 6.92 Å². The van der Waals surface area contributed by atoms with E-state index in [2.05, 4.69) is 27.4 Å². The molecule has 0 spiro atoms. The Labute approximate surface area is 156 Å². The maximum Gasteiger partial charge on any atom is 0.235 e. The molecular formula is C16H24FN5O3S. The van der Waals surface area contributed by atoms with Crippen molar-refractivity contribution in [3.63, 3.8) is 0 Å². The van der Waals surface area contributed by atoms with Crippen molar-refractivity contribution in [1.29, 1.82) is 0 Å². The predicted molar refractivity (Wildman–Crippen MR) is 94.1 cm³/mol. The Morgan fingerprint density at radius 2 is 2.35 bits per heavy atom. The van der Waals surface area contributed by atoms with Crippen LogP contribution in [0.25, 0.3) is 0 Å². The normalized spacial score (nSPS) is 24.4. The van der Waals surface area contributed by atoms with E-state index in [1.807, 2.05) is 0 Å². The van der Waals surface area contributed by atoms with Crippen LogP contribution in [0.4, 0.5) is 4.39 Å². The first-order valence-corrected chi connectivity index (χ1v) is 9.62. The standard InChI is InChI=1S/C16H24FN5O3S/c1-10-6-13(24-8-15-18-12(3)25-20-15)4-5-21(10)7-14-16(17)22(9-26-14)19-11(2)23/h10,13H,4-9H2,1-3H3,(H,19,23)/t10-,13-/m0/s1. The summed E-state index contributed by atoms with van der Waals surface area (Å²) in [5.41, 5.74) is 2.49. The van der Waals surface area contributed by atoms with Crippen molar-refractivity contribution in [1.82, 2.24) is 25.5 Å². The van der Waals surface area contributed by atoms with Gasteiger partial charge in [-0.25, -0.2) is 5.01 Å². The highest BCUT2D eigenvalue weighted by molar-refractivity contribution is 8.03. The fourth-order valence-electron chi connectivity index (χ4n) is 3.13. The molecule has 1 aromatic rings. The minimum absolute atomic E-state index is 0.131. The summed E-state index contributed by atoms with van der Waals surface area (Å²) >= 11 is 1.42. The molecule has 144 valence electrons. The van der Waals surface area contributed by atoms with Crippen LogP contribution >= 0.6 is 11.8 Å². The third kappa shape index (κ3) is 4.74. The Morgan fingerprint density at radius 3 is 3.00 bits per heavy atom. The van der Waals surface area contributed by atoms with Gasteiger partial charge in [0.05, 0.1) is 16.9 Å². The number of hydrogen-bond acceptors (Lipinski definition) is 8. The van der Waals surface area contributed by atoms with Crippen LogP contribution < -0.4 is 5.43 Å². The van der Waals surface area contributed by atoms with Crippen molar-refractivity contribution >= 4 is 17.7 Å². The van der Waals surface area contributed by atoms with Gasteiger partial charge in [-0.1, -0.05) is 5.16 Å². The maximum atomic E-state index is 14.4. The van der Waals surface area contributed by atoms with Crippen LogP contribution in [0.1, 0.15) is 38.4 Å². The molecule has 2 aliphatic rings. The summed E-state index contributed by atoms with van der Waals surface area (Å²) in [6.45, 7) is 6.96. The minimum Gasteiger partial charge on any atom is -0.370 e. The maximum absolute atomic E-state index is 14.4. The Hall–Kier alpha value is -1.65. The lowest BCUT2D eigenvalue weighted by Crippen LogP contribution is -2.44. The summed E-state index contributed by atoms with van der Waals surface area (Å²) in [5.74, 6) is 0.863. The molecule has 26 heavy (non-hydrogen) atoms. The molecule has 0 radical (unpaired) electrons. The number of rotatable bonds is 6. The molecule has 1 fully saturated rings. The summed E-state index contributed by atoms with van der Waals surface area (Å²) in [6, 6.07) is 0.275. The number of piperidine rings is 1. The summed E-state index contributed by atoms with van der Waals surface area (Å²) < 4.78 is 25.2. The van der Waals surface area contributed by atoms with Gasteiger partial charge in [0.15, 0.2) is 5.82 Å². The monoisotopic (exact) mass is 385 g/mol. The van der Waals surface area contributed by atoms with Crippen molar-refractivity contribution in [2.24, 2.45) is 0 Å². The molecule has 1 saturated heterocycles. The second-order valence-electron chi connectivity index (χ2n) is 6.59. The number of nitrogens with zero attached hydrogens (tertiary/aromatic N) is 4. The third-order valence-electron chi connectivity index (χ3n) is 4.46.